The number of hydrogen-bond donors (Lipinski definition) is 3. The fraction of sp³-hybridized carbons (Fsp3) is 0.200. The first-order valence-corrected chi connectivity index (χ1v) is 7.58. The molecule has 0 saturated heterocycles. The van der Waals surface area contributed by atoms with E-state index >= 15 is 0 Å². The van der Waals surface area contributed by atoms with Gasteiger partial charge < -0.3 is 19.2 Å². The number of carbonyl (C=O) groups excluding carboxylic acids is 1. The molecular weight excluding hydrogens is 348 g/mol. The molecule has 25 heavy (non-hydrogen) atoms. The first-order valence-electron chi connectivity index (χ1n) is 7.17. The molecule has 0 atom stereocenters. The Morgan fingerprint density at radius 3 is 3.00 bits per heavy atom. The van der Waals surface area contributed by atoms with E-state index in [4.69, 9.17) is 26.4 Å². The molecule has 2 aromatic rings. The highest BCUT2D eigenvalue weighted by molar-refractivity contribution is 7.71. The third-order valence-corrected chi connectivity index (χ3v) is 3.45. The molecule has 130 valence electrons. The molecule has 0 fully saturated rings. The average Bonchev–Trinajstić information content (AvgIpc) is 3.01. The van der Waals surface area contributed by atoms with Gasteiger partial charge in [-0.2, -0.15) is 5.10 Å². The van der Waals surface area contributed by atoms with Crippen LogP contribution >= 0.6 is 12.2 Å². The quantitative estimate of drug-likeness (QED) is 0.413. The molecular formula is C15H14N4O5S. The molecule has 0 saturated carbocycles. The number of methoxy groups -OCH3 is 1. The first kappa shape index (κ1) is 16.7. The zero-order chi connectivity index (χ0) is 17.8. The van der Waals surface area contributed by atoms with Crippen molar-refractivity contribution in [1.29, 1.82) is 0 Å². The van der Waals surface area contributed by atoms with Crippen LogP contribution in [0, 0.1) is 4.77 Å². The Bertz CT molecular complexity index is 921. The van der Waals surface area contributed by atoms with Crippen LogP contribution < -0.4 is 25.2 Å². The Kier molecular flexibility index (Phi) is 4.80. The number of aromatic amines is 2. The van der Waals surface area contributed by atoms with Gasteiger partial charge in [0.2, 0.25) is 18.4 Å². The van der Waals surface area contributed by atoms with Gasteiger partial charge in [-0.05, 0) is 24.4 Å². The SMILES string of the molecule is COc1cc(/C=N\NC(=O)Cc2cc(=O)[nH]c(=S)[nH]2)cc2c1OCO2. The molecule has 1 amide bonds. The van der Waals surface area contributed by atoms with Gasteiger partial charge in [-0.3, -0.25) is 14.6 Å². The van der Waals surface area contributed by atoms with Crippen molar-refractivity contribution in [2.24, 2.45) is 5.10 Å². The Morgan fingerprint density at radius 2 is 2.24 bits per heavy atom. The van der Waals surface area contributed by atoms with Gasteiger partial charge in [-0.1, -0.05) is 0 Å². The van der Waals surface area contributed by atoms with E-state index < -0.39 is 5.91 Å². The van der Waals surface area contributed by atoms with E-state index in [1.165, 1.54) is 19.4 Å². The normalized spacial score (nSPS) is 12.4. The Labute approximate surface area is 146 Å². The smallest absolute Gasteiger partial charge is 0.251 e. The highest BCUT2D eigenvalue weighted by Crippen LogP contribution is 2.41. The third kappa shape index (κ3) is 4.04. The Balaban J connectivity index is 1.66. The number of aromatic nitrogens is 2. The number of amides is 1. The highest BCUT2D eigenvalue weighted by atomic mass is 32.1. The van der Waals surface area contributed by atoms with Gasteiger partial charge in [0.25, 0.3) is 5.56 Å². The van der Waals surface area contributed by atoms with Crippen molar-refractivity contribution in [3.05, 3.63) is 44.6 Å². The van der Waals surface area contributed by atoms with Gasteiger partial charge in [-0.25, -0.2) is 5.43 Å². The monoisotopic (exact) mass is 362 g/mol. The number of H-pyrrole nitrogens is 2. The molecule has 0 aliphatic carbocycles. The molecule has 1 aromatic carbocycles. The van der Waals surface area contributed by atoms with Crippen LogP contribution in [0.1, 0.15) is 11.3 Å². The van der Waals surface area contributed by atoms with Gasteiger partial charge in [0, 0.05) is 17.3 Å². The summed E-state index contributed by atoms with van der Waals surface area (Å²) in [6.45, 7) is 0.126. The van der Waals surface area contributed by atoms with Crippen molar-refractivity contribution in [2.75, 3.05) is 13.9 Å². The predicted molar refractivity (Wildman–Crippen MR) is 90.8 cm³/mol. The summed E-state index contributed by atoms with van der Waals surface area (Å²) >= 11 is 4.85. The molecule has 0 bridgehead atoms. The minimum Gasteiger partial charge on any atom is -0.493 e. The van der Waals surface area contributed by atoms with Crippen LogP contribution in [0.5, 0.6) is 17.2 Å². The fourth-order valence-electron chi connectivity index (χ4n) is 2.23. The van der Waals surface area contributed by atoms with Crippen LogP contribution in [-0.4, -0.2) is 36.0 Å². The maximum absolute atomic E-state index is 11.9. The molecule has 0 radical (unpaired) electrons. The Morgan fingerprint density at radius 1 is 1.40 bits per heavy atom. The highest BCUT2D eigenvalue weighted by Gasteiger charge is 2.19. The standard InChI is InChI=1S/C15H14N4O5S/c1-22-10-2-8(3-11-14(10)24-7-23-11)6-16-19-13(21)5-9-4-12(20)18-15(25)17-9/h2-4,6H,5,7H2,1H3,(H,19,21)(H2,17,18,20,25)/b16-6-. The number of hydrazone groups is 1. The lowest BCUT2D eigenvalue weighted by Crippen LogP contribution is -2.21. The van der Waals surface area contributed by atoms with E-state index in [-0.39, 0.29) is 23.5 Å². The lowest BCUT2D eigenvalue weighted by atomic mass is 10.2. The molecule has 0 unspecified atom stereocenters. The second-order valence-electron chi connectivity index (χ2n) is 5.04. The fourth-order valence-corrected chi connectivity index (χ4v) is 2.46. The summed E-state index contributed by atoms with van der Waals surface area (Å²) in [7, 11) is 1.52. The molecule has 2 heterocycles. The first-order chi connectivity index (χ1) is 12.0. The van der Waals surface area contributed by atoms with Gasteiger partial charge >= 0.3 is 0 Å². The molecule has 3 N–H and O–H groups in total. The lowest BCUT2D eigenvalue weighted by Gasteiger charge is -2.05. The molecule has 3 rings (SSSR count). The number of ether oxygens (including phenoxy) is 3. The third-order valence-electron chi connectivity index (χ3n) is 3.25. The lowest BCUT2D eigenvalue weighted by molar-refractivity contribution is -0.120. The van der Waals surface area contributed by atoms with E-state index in [1.54, 1.807) is 12.1 Å². The largest absolute Gasteiger partial charge is 0.493 e. The van der Waals surface area contributed by atoms with Gasteiger partial charge in [0.1, 0.15) is 0 Å². The number of nitrogens with zero attached hydrogens (tertiary/aromatic N) is 1. The molecule has 0 spiro atoms. The topological polar surface area (TPSA) is 118 Å². The minimum absolute atomic E-state index is 0.0602. The minimum atomic E-state index is -0.403. The Hall–Kier alpha value is -3.14. The van der Waals surface area contributed by atoms with Gasteiger partial charge in [0.05, 0.1) is 19.7 Å². The van der Waals surface area contributed by atoms with E-state index in [9.17, 15) is 9.59 Å². The van der Waals surface area contributed by atoms with E-state index in [2.05, 4.69) is 20.5 Å². The maximum Gasteiger partial charge on any atom is 0.251 e. The molecule has 1 aliphatic rings. The second-order valence-corrected chi connectivity index (χ2v) is 5.45. The van der Waals surface area contributed by atoms with E-state index in [1.807, 2.05) is 0 Å². The van der Waals surface area contributed by atoms with Crippen molar-refractivity contribution in [3.63, 3.8) is 0 Å². The van der Waals surface area contributed by atoms with Crippen molar-refractivity contribution in [2.45, 2.75) is 6.42 Å². The number of hydrogen-bond acceptors (Lipinski definition) is 7. The van der Waals surface area contributed by atoms with Crippen LogP contribution in [0.2, 0.25) is 0 Å². The van der Waals surface area contributed by atoms with E-state index in [0.717, 1.165) is 0 Å². The van der Waals surface area contributed by atoms with Crippen molar-refractivity contribution in [1.82, 2.24) is 15.4 Å². The van der Waals surface area contributed by atoms with Crippen LogP contribution in [0.4, 0.5) is 0 Å². The molecule has 9 nitrogen and oxygen atoms in total. The maximum atomic E-state index is 11.9. The summed E-state index contributed by atoms with van der Waals surface area (Å²) < 4.78 is 16.0. The van der Waals surface area contributed by atoms with Crippen molar-refractivity contribution >= 4 is 24.3 Å². The van der Waals surface area contributed by atoms with Crippen LogP contribution in [0.15, 0.2) is 28.1 Å². The van der Waals surface area contributed by atoms with Crippen LogP contribution in [0.25, 0.3) is 0 Å². The zero-order valence-corrected chi connectivity index (χ0v) is 13.9. The number of benzene rings is 1. The summed E-state index contributed by atoms with van der Waals surface area (Å²) in [5.74, 6) is 1.19. The summed E-state index contributed by atoms with van der Waals surface area (Å²) in [5.41, 5.74) is 3.06. The van der Waals surface area contributed by atoms with Crippen molar-refractivity contribution < 1.29 is 19.0 Å². The molecule has 1 aromatic heterocycles. The summed E-state index contributed by atoms with van der Waals surface area (Å²) in [4.78, 5) is 28.3. The number of carbonyl (C=O) groups is 1. The van der Waals surface area contributed by atoms with Crippen molar-refractivity contribution in [3.8, 4) is 17.2 Å². The molecule has 10 heteroatoms. The average molecular weight is 362 g/mol. The number of rotatable bonds is 5. The zero-order valence-electron chi connectivity index (χ0n) is 13.1. The number of fused-ring (bicyclic) bond motifs is 1. The van der Waals surface area contributed by atoms with Gasteiger partial charge in [0.15, 0.2) is 16.3 Å². The van der Waals surface area contributed by atoms with Crippen LogP contribution in [-0.2, 0) is 11.2 Å². The van der Waals surface area contributed by atoms with E-state index in [0.29, 0.717) is 28.5 Å². The summed E-state index contributed by atoms with van der Waals surface area (Å²) in [6, 6.07) is 4.69. The van der Waals surface area contributed by atoms with Crippen LogP contribution in [0.3, 0.4) is 0 Å². The summed E-state index contributed by atoms with van der Waals surface area (Å²) in [6.07, 6.45) is 1.39. The van der Waals surface area contributed by atoms with Gasteiger partial charge in [-0.15, -0.1) is 0 Å². The number of nitrogens with one attached hydrogen (secondary N) is 3. The molecule has 1 aliphatic heterocycles. The second kappa shape index (κ2) is 7.18. The predicted octanol–water partition coefficient (Wildman–Crippen LogP) is 0.863. The summed E-state index contributed by atoms with van der Waals surface area (Å²) in [5, 5.41) is 3.88.